The maximum Gasteiger partial charge on any atom is 0.264 e. The third kappa shape index (κ3) is 4.20. The van der Waals surface area contributed by atoms with Crippen molar-refractivity contribution in [2.24, 2.45) is 0 Å². The largest absolute Gasteiger partial charge is 0.287 e. The highest BCUT2D eigenvalue weighted by molar-refractivity contribution is 9.10. The Labute approximate surface area is 145 Å². The van der Waals surface area contributed by atoms with Crippen LogP contribution in [0.1, 0.15) is 17.2 Å². The molecule has 1 heterocycles. The molecule has 0 aromatic heterocycles. The first-order valence-electron chi connectivity index (χ1n) is 7.35. The quantitative estimate of drug-likeness (QED) is 0.729. The standard InChI is InChI=1S/C17H18BrNO3S/c1-23(20,21)22-16-11-19(12-16)17(13-5-3-2-4-6-13)14-7-9-15(18)10-8-14/h2-10,16-17H,11-12H2,1H3. The van der Waals surface area contributed by atoms with Crippen molar-refractivity contribution in [3.63, 3.8) is 0 Å². The SMILES string of the molecule is CS(=O)(=O)OC1CN(C(c2ccccc2)c2ccc(Br)cc2)C1. The molecule has 122 valence electrons. The summed E-state index contributed by atoms with van der Waals surface area (Å²) in [4.78, 5) is 2.23. The second kappa shape index (κ2) is 6.73. The van der Waals surface area contributed by atoms with E-state index in [1.54, 1.807) is 0 Å². The minimum Gasteiger partial charge on any atom is -0.287 e. The van der Waals surface area contributed by atoms with Gasteiger partial charge in [-0.05, 0) is 23.3 Å². The molecule has 0 bridgehead atoms. The third-order valence-electron chi connectivity index (χ3n) is 3.85. The maximum absolute atomic E-state index is 11.2. The molecule has 1 fully saturated rings. The van der Waals surface area contributed by atoms with E-state index in [4.69, 9.17) is 4.18 Å². The first-order valence-corrected chi connectivity index (χ1v) is 9.96. The van der Waals surface area contributed by atoms with Gasteiger partial charge in [-0.3, -0.25) is 9.08 Å². The topological polar surface area (TPSA) is 46.6 Å². The molecule has 2 aromatic carbocycles. The fourth-order valence-corrected chi connectivity index (χ4v) is 3.76. The highest BCUT2D eigenvalue weighted by Crippen LogP contribution is 2.33. The zero-order valence-electron chi connectivity index (χ0n) is 12.7. The van der Waals surface area contributed by atoms with E-state index in [0.717, 1.165) is 10.7 Å². The smallest absolute Gasteiger partial charge is 0.264 e. The third-order valence-corrected chi connectivity index (χ3v) is 5.00. The van der Waals surface area contributed by atoms with Crippen molar-refractivity contribution >= 4 is 26.0 Å². The van der Waals surface area contributed by atoms with E-state index in [1.807, 2.05) is 30.3 Å². The van der Waals surface area contributed by atoms with Crippen molar-refractivity contribution in [2.75, 3.05) is 19.3 Å². The first kappa shape index (κ1) is 16.6. The van der Waals surface area contributed by atoms with Crippen molar-refractivity contribution < 1.29 is 12.6 Å². The first-order chi connectivity index (χ1) is 10.9. The van der Waals surface area contributed by atoms with Crippen molar-refractivity contribution in [2.45, 2.75) is 12.1 Å². The van der Waals surface area contributed by atoms with Crippen LogP contribution in [0.15, 0.2) is 59.1 Å². The van der Waals surface area contributed by atoms with E-state index in [2.05, 4.69) is 45.1 Å². The number of nitrogens with zero attached hydrogens (tertiary/aromatic N) is 1. The normalized spacial score (nSPS) is 17.7. The fraction of sp³-hybridized carbons (Fsp3) is 0.294. The summed E-state index contributed by atoms with van der Waals surface area (Å²) >= 11 is 3.46. The predicted octanol–water partition coefficient (Wildman–Crippen LogP) is 3.20. The van der Waals surface area contributed by atoms with Crippen LogP contribution >= 0.6 is 15.9 Å². The van der Waals surface area contributed by atoms with Crippen LogP contribution in [0.25, 0.3) is 0 Å². The van der Waals surface area contributed by atoms with Crippen LogP contribution in [-0.2, 0) is 14.3 Å². The lowest BCUT2D eigenvalue weighted by atomic mass is 9.94. The summed E-state index contributed by atoms with van der Waals surface area (Å²) in [5.74, 6) is 0. The summed E-state index contributed by atoms with van der Waals surface area (Å²) in [6.07, 6.45) is 0.839. The summed E-state index contributed by atoms with van der Waals surface area (Å²) in [7, 11) is -3.40. The molecule has 1 atom stereocenters. The molecule has 2 aromatic rings. The number of likely N-dealkylation sites (tertiary alicyclic amines) is 1. The lowest BCUT2D eigenvalue weighted by molar-refractivity contribution is 0.00475. The van der Waals surface area contributed by atoms with E-state index in [-0.39, 0.29) is 12.1 Å². The van der Waals surface area contributed by atoms with Gasteiger partial charge in [0.2, 0.25) is 0 Å². The second-order valence-corrected chi connectivity index (χ2v) is 8.26. The van der Waals surface area contributed by atoms with Crippen LogP contribution in [-0.4, -0.2) is 38.8 Å². The molecule has 1 aliphatic heterocycles. The lowest BCUT2D eigenvalue weighted by Gasteiger charge is -2.43. The van der Waals surface area contributed by atoms with Gasteiger partial charge in [0.1, 0.15) is 6.10 Å². The summed E-state index contributed by atoms with van der Waals surface area (Å²) in [5.41, 5.74) is 2.37. The van der Waals surface area contributed by atoms with Crippen molar-refractivity contribution in [3.05, 3.63) is 70.2 Å². The van der Waals surface area contributed by atoms with Gasteiger partial charge in [0, 0.05) is 17.6 Å². The predicted molar refractivity (Wildman–Crippen MR) is 93.7 cm³/mol. The summed E-state index contributed by atoms with van der Waals surface area (Å²) in [6, 6.07) is 18.5. The highest BCUT2D eigenvalue weighted by atomic mass is 79.9. The van der Waals surface area contributed by atoms with Gasteiger partial charge in [0.25, 0.3) is 10.1 Å². The van der Waals surface area contributed by atoms with Gasteiger partial charge in [0.05, 0.1) is 12.3 Å². The van der Waals surface area contributed by atoms with E-state index in [1.165, 1.54) is 11.1 Å². The van der Waals surface area contributed by atoms with Crippen LogP contribution in [0.3, 0.4) is 0 Å². The van der Waals surface area contributed by atoms with Crippen molar-refractivity contribution in [1.82, 2.24) is 4.90 Å². The zero-order chi connectivity index (χ0) is 16.4. The van der Waals surface area contributed by atoms with Gasteiger partial charge >= 0.3 is 0 Å². The van der Waals surface area contributed by atoms with Gasteiger partial charge in [-0.1, -0.05) is 58.4 Å². The molecule has 0 radical (unpaired) electrons. The molecule has 1 saturated heterocycles. The molecule has 0 spiro atoms. The van der Waals surface area contributed by atoms with Crippen LogP contribution in [0.4, 0.5) is 0 Å². The van der Waals surface area contributed by atoms with E-state index >= 15 is 0 Å². The van der Waals surface area contributed by atoms with E-state index in [0.29, 0.717) is 13.1 Å². The summed E-state index contributed by atoms with van der Waals surface area (Å²) in [5, 5.41) is 0. The number of benzene rings is 2. The summed E-state index contributed by atoms with van der Waals surface area (Å²) in [6.45, 7) is 1.20. The monoisotopic (exact) mass is 395 g/mol. The minimum absolute atomic E-state index is 0.101. The summed E-state index contributed by atoms with van der Waals surface area (Å²) < 4.78 is 28.6. The van der Waals surface area contributed by atoms with E-state index in [9.17, 15) is 8.42 Å². The van der Waals surface area contributed by atoms with Crippen LogP contribution in [0.2, 0.25) is 0 Å². The molecule has 3 rings (SSSR count). The number of hydrogen-bond acceptors (Lipinski definition) is 4. The van der Waals surface area contributed by atoms with Gasteiger partial charge in [-0.15, -0.1) is 0 Å². The van der Waals surface area contributed by atoms with E-state index < -0.39 is 10.1 Å². The molecule has 1 aliphatic rings. The van der Waals surface area contributed by atoms with Crippen LogP contribution in [0.5, 0.6) is 0 Å². The van der Waals surface area contributed by atoms with Crippen molar-refractivity contribution in [3.8, 4) is 0 Å². The fourth-order valence-electron chi connectivity index (χ4n) is 2.88. The molecule has 0 amide bonds. The molecule has 0 saturated carbocycles. The Morgan fingerprint density at radius 2 is 1.61 bits per heavy atom. The molecule has 4 nitrogen and oxygen atoms in total. The Kier molecular flexibility index (Phi) is 4.87. The van der Waals surface area contributed by atoms with Gasteiger partial charge < -0.3 is 0 Å². The van der Waals surface area contributed by atoms with Crippen molar-refractivity contribution in [1.29, 1.82) is 0 Å². The number of halogens is 1. The molecule has 0 aliphatic carbocycles. The average molecular weight is 396 g/mol. The molecule has 23 heavy (non-hydrogen) atoms. The second-order valence-electron chi connectivity index (χ2n) is 5.74. The van der Waals surface area contributed by atoms with Gasteiger partial charge in [-0.25, -0.2) is 0 Å². The molecular weight excluding hydrogens is 378 g/mol. The Morgan fingerprint density at radius 1 is 1.04 bits per heavy atom. The van der Waals surface area contributed by atoms with Gasteiger partial charge in [0.15, 0.2) is 0 Å². The Bertz CT molecular complexity index is 756. The minimum atomic E-state index is -3.40. The maximum atomic E-state index is 11.2. The Morgan fingerprint density at radius 3 is 2.17 bits per heavy atom. The molecular formula is C17H18BrNO3S. The molecule has 0 N–H and O–H groups in total. The van der Waals surface area contributed by atoms with Crippen LogP contribution < -0.4 is 0 Å². The zero-order valence-corrected chi connectivity index (χ0v) is 15.1. The number of hydrogen-bond donors (Lipinski definition) is 0. The Hall–Kier alpha value is -1.21. The van der Waals surface area contributed by atoms with Gasteiger partial charge in [-0.2, -0.15) is 8.42 Å². The number of rotatable bonds is 5. The lowest BCUT2D eigenvalue weighted by Crippen LogP contribution is -2.54. The highest BCUT2D eigenvalue weighted by Gasteiger charge is 2.36. The molecule has 6 heteroatoms. The average Bonchev–Trinajstić information content (AvgIpc) is 2.47. The molecule has 1 unspecified atom stereocenters. The van der Waals surface area contributed by atoms with Crippen LogP contribution in [0, 0.1) is 0 Å². The Balaban J connectivity index is 1.82.